The molecule has 1 aliphatic rings. The minimum Gasteiger partial charge on any atom is -0.464 e. The summed E-state index contributed by atoms with van der Waals surface area (Å²) in [7, 11) is 0. The molecule has 0 bridgehead atoms. The number of morpholine rings is 1. The van der Waals surface area contributed by atoms with E-state index in [1.54, 1.807) is 6.92 Å². The summed E-state index contributed by atoms with van der Waals surface area (Å²) >= 11 is 0. The molecule has 12 heavy (non-hydrogen) atoms. The summed E-state index contributed by atoms with van der Waals surface area (Å²) in [5.74, 6) is -0.267. The van der Waals surface area contributed by atoms with Crippen molar-refractivity contribution >= 4 is 5.97 Å². The van der Waals surface area contributed by atoms with Crippen LogP contribution in [0.2, 0.25) is 0 Å². The van der Waals surface area contributed by atoms with Crippen LogP contribution < -0.4 is 5.32 Å². The van der Waals surface area contributed by atoms with Crippen LogP contribution in [0.1, 0.15) is 13.8 Å². The van der Waals surface area contributed by atoms with Gasteiger partial charge in [0.05, 0.1) is 12.7 Å². The van der Waals surface area contributed by atoms with Crippen LogP contribution in [0.25, 0.3) is 0 Å². The van der Waals surface area contributed by atoms with Crippen LogP contribution in [0.5, 0.6) is 0 Å². The van der Waals surface area contributed by atoms with Crippen LogP contribution in [0.4, 0.5) is 0 Å². The number of esters is 1. The molecule has 0 aromatic heterocycles. The number of nitrogens with one attached hydrogen (secondary N) is 1. The van der Waals surface area contributed by atoms with Crippen LogP contribution in [0.3, 0.4) is 0 Å². The summed E-state index contributed by atoms with van der Waals surface area (Å²) in [4.78, 5) is 11.2. The predicted molar refractivity (Wildman–Crippen MR) is 43.8 cm³/mol. The molecule has 0 saturated carbocycles. The zero-order valence-electron chi connectivity index (χ0n) is 7.50. The first-order valence-corrected chi connectivity index (χ1v) is 4.27. The quantitative estimate of drug-likeness (QED) is 0.594. The van der Waals surface area contributed by atoms with Gasteiger partial charge < -0.3 is 14.8 Å². The fraction of sp³-hybridized carbons (Fsp3) is 0.875. The van der Waals surface area contributed by atoms with Crippen molar-refractivity contribution in [2.45, 2.75) is 26.1 Å². The molecule has 70 valence electrons. The number of ether oxygens (including phenoxy) is 2. The van der Waals surface area contributed by atoms with E-state index < -0.39 is 6.10 Å². The fourth-order valence-corrected chi connectivity index (χ4v) is 1.17. The van der Waals surface area contributed by atoms with Crippen molar-refractivity contribution in [3.05, 3.63) is 0 Å². The number of rotatable bonds is 2. The molecule has 1 saturated heterocycles. The van der Waals surface area contributed by atoms with E-state index in [1.807, 2.05) is 6.92 Å². The average molecular weight is 173 g/mol. The number of hydrogen-bond donors (Lipinski definition) is 1. The molecule has 1 N–H and O–H groups in total. The van der Waals surface area contributed by atoms with Gasteiger partial charge in [0.2, 0.25) is 0 Å². The number of carbonyl (C=O) groups excluding carboxylic acids is 1. The van der Waals surface area contributed by atoms with E-state index in [4.69, 9.17) is 9.47 Å². The third-order valence-electron chi connectivity index (χ3n) is 1.71. The Morgan fingerprint density at radius 3 is 3.00 bits per heavy atom. The van der Waals surface area contributed by atoms with Gasteiger partial charge in [0.15, 0.2) is 6.10 Å². The normalized spacial score (nSPS) is 29.8. The molecule has 0 amide bonds. The van der Waals surface area contributed by atoms with Gasteiger partial charge in [-0.2, -0.15) is 0 Å². The smallest absolute Gasteiger partial charge is 0.336 e. The summed E-state index contributed by atoms with van der Waals surface area (Å²) in [5, 5.41) is 3.10. The highest BCUT2D eigenvalue weighted by Gasteiger charge is 2.26. The van der Waals surface area contributed by atoms with Crippen LogP contribution in [0, 0.1) is 0 Å². The van der Waals surface area contributed by atoms with E-state index in [1.165, 1.54) is 0 Å². The third-order valence-corrected chi connectivity index (χ3v) is 1.71. The first kappa shape index (κ1) is 9.48. The molecule has 0 spiro atoms. The summed E-state index contributed by atoms with van der Waals surface area (Å²) in [6.45, 7) is 5.49. The van der Waals surface area contributed by atoms with E-state index in [0.29, 0.717) is 13.2 Å². The Morgan fingerprint density at radius 1 is 1.67 bits per heavy atom. The van der Waals surface area contributed by atoms with Gasteiger partial charge in [-0.25, -0.2) is 4.79 Å². The van der Waals surface area contributed by atoms with Gasteiger partial charge >= 0.3 is 5.97 Å². The lowest BCUT2D eigenvalue weighted by Crippen LogP contribution is -2.47. The number of carbonyl (C=O) groups is 1. The Bertz CT molecular complexity index is 160. The van der Waals surface area contributed by atoms with Crippen molar-refractivity contribution in [2.75, 3.05) is 19.7 Å². The van der Waals surface area contributed by atoms with Crippen molar-refractivity contribution in [3.8, 4) is 0 Å². The van der Waals surface area contributed by atoms with Gasteiger partial charge in [-0.15, -0.1) is 0 Å². The Morgan fingerprint density at radius 2 is 2.42 bits per heavy atom. The van der Waals surface area contributed by atoms with Crippen molar-refractivity contribution in [3.63, 3.8) is 0 Å². The summed E-state index contributed by atoms with van der Waals surface area (Å²) in [6.07, 6.45) is -0.332. The molecule has 2 atom stereocenters. The molecule has 4 nitrogen and oxygen atoms in total. The van der Waals surface area contributed by atoms with Gasteiger partial charge in [0.25, 0.3) is 0 Å². The van der Waals surface area contributed by atoms with Gasteiger partial charge in [-0.05, 0) is 13.8 Å². The molecule has 0 unspecified atom stereocenters. The van der Waals surface area contributed by atoms with Gasteiger partial charge in [-0.1, -0.05) is 0 Å². The van der Waals surface area contributed by atoms with E-state index >= 15 is 0 Å². The highest BCUT2D eigenvalue weighted by Crippen LogP contribution is 2.04. The minimum atomic E-state index is -0.423. The van der Waals surface area contributed by atoms with Crippen LogP contribution >= 0.6 is 0 Å². The van der Waals surface area contributed by atoms with E-state index in [0.717, 1.165) is 6.54 Å². The SMILES string of the molecule is CCOC(=O)[C@H]1CNC[C@@H](C)O1. The maximum atomic E-state index is 11.2. The predicted octanol–water partition coefficient (Wildman–Crippen LogP) is -0.0736. The van der Waals surface area contributed by atoms with Gasteiger partial charge in [0, 0.05) is 13.1 Å². The second kappa shape index (κ2) is 4.42. The van der Waals surface area contributed by atoms with Crippen molar-refractivity contribution in [1.29, 1.82) is 0 Å². The van der Waals surface area contributed by atoms with Crippen LogP contribution in [-0.4, -0.2) is 37.9 Å². The fourth-order valence-electron chi connectivity index (χ4n) is 1.17. The van der Waals surface area contributed by atoms with Gasteiger partial charge in [0.1, 0.15) is 0 Å². The monoisotopic (exact) mass is 173 g/mol. The molecule has 1 aliphatic heterocycles. The van der Waals surface area contributed by atoms with Crippen molar-refractivity contribution < 1.29 is 14.3 Å². The summed E-state index contributed by atoms with van der Waals surface area (Å²) in [5.41, 5.74) is 0. The van der Waals surface area contributed by atoms with Crippen LogP contribution in [0.15, 0.2) is 0 Å². The topological polar surface area (TPSA) is 47.6 Å². The Labute approximate surface area is 72.2 Å². The van der Waals surface area contributed by atoms with E-state index in [-0.39, 0.29) is 12.1 Å². The van der Waals surface area contributed by atoms with Crippen molar-refractivity contribution in [1.82, 2.24) is 5.32 Å². The lowest BCUT2D eigenvalue weighted by molar-refractivity contribution is -0.162. The second-order valence-corrected chi connectivity index (χ2v) is 2.85. The number of hydrogen-bond acceptors (Lipinski definition) is 4. The summed E-state index contributed by atoms with van der Waals surface area (Å²) in [6, 6.07) is 0. The molecule has 0 aromatic rings. The molecule has 1 heterocycles. The average Bonchev–Trinajstić information content (AvgIpc) is 2.05. The lowest BCUT2D eigenvalue weighted by atomic mass is 10.2. The molecule has 0 aromatic carbocycles. The molecule has 1 fully saturated rings. The maximum Gasteiger partial charge on any atom is 0.336 e. The molecule has 4 heteroatoms. The molecular formula is C8H15NO3. The first-order chi connectivity index (χ1) is 5.74. The van der Waals surface area contributed by atoms with Crippen LogP contribution in [-0.2, 0) is 14.3 Å². The van der Waals surface area contributed by atoms with E-state index in [2.05, 4.69) is 5.32 Å². The Balaban J connectivity index is 2.35. The minimum absolute atomic E-state index is 0.0909. The Hall–Kier alpha value is -0.610. The van der Waals surface area contributed by atoms with E-state index in [9.17, 15) is 4.79 Å². The molecule has 1 rings (SSSR count). The summed E-state index contributed by atoms with van der Waals surface area (Å²) < 4.78 is 10.2. The lowest BCUT2D eigenvalue weighted by Gasteiger charge is -2.26. The zero-order chi connectivity index (χ0) is 8.97. The molecular weight excluding hydrogens is 158 g/mol. The highest BCUT2D eigenvalue weighted by molar-refractivity contribution is 5.75. The second-order valence-electron chi connectivity index (χ2n) is 2.85. The molecule has 0 aliphatic carbocycles. The third kappa shape index (κ3) is 2.46. The van der Waals surface area contributed by atoms with Gasteiger partial charge in [-0.3, -0.25) is 0 Å². The Kier molecular flexibility index (Phi) is 3.49. The van der Waals surface area contributed by atoms with Crippen molar-refractivity contribution in [2.24, 2.45) is 0 Å². The highest BCUT2D eigenvalue weighted by atomic mass is 16.6. The maximum absolute atomic E-state index is 11.2. The molecule has 0 radical (unpaired) electrons. The largest absolute Gasteiger partial charge is 0.464 e. The zero-order valence-corrected chi connectivity index (χ0v) is 7.50. The standard InChI is InChI=1S/C8H15NO3/c1-3-11-8(10)7-5-9-4-6(2)12-7/h6-7,9H,3-5H2,1-2H3/t6-,7-/m1/s1. The first-order valence-electron chi connectivity index (χ1n) is 4.27.